The summed E-state index contributed by atoms with van der Waals surface area (Å²) in [6, 6.07) is 0. The first-order chi connectivity index (χ1) is 4.16. The Kier molecular flexibility index (Phi) is 3.51. The van der Waals surface area contributed by atoms with Gasteiger partial charge in [-0.3, -0.25) is 0 Å². The molecule has 0 aromatic rings. The predicted molar refractivity (Wildman–Crippen MR) is 40.1 cm³/mol. The van der Waals surface area contributed by atoms with Crippen molar-refractivity contribution in [1.82, 2.24) is 4.90 Å². The number of nitrogens with two attached hydrogens (primary N) is 1. The van der Waals surface area contributed by atoms with Gasteiger partial charge in [-0.15, -0.1) is 0 Å². The van der Waals surface area contributed by atoms with Crippen LogP contribution in [0.5, 0.6) is 0 Å². The number of aliphatic imine (C=N–C) groups is 1. The Labute approximate surface area is 55.9 Å². The van der Waals surface area contributed by atoms with Gasteiger partial charge >= 0.3 is 0 Å². The van der Waals surface area contributed by atoms with Gasteiger partial charge in [0.05, 0.1) is 6.34 Å². The highest BCUT2D eigenvalue weighted by Gasteiger charge is 1.81. The molecule has 2 N–H and O–H groups in total. The van der Waals surface area contributed by atoms with Gasteiger partial charge in [-0.25, -0.2) is 4.99 Å². The molecular formula is C6H13N3. The van der Waals surface area contributed by atoms with E-state index in [1.165, 1.54) is 0 Å². The van der Waals surface area contributed by atoms with Gasteiger partial charge in [-0.05, 0) is 6.92 Å². The largest absolute Gasteiger partial charge is 0.384 e. The molecule has 0 rings (SSSR count). The molecule has 0 aromatic heterocycles. The van der Waals surface area contributed by atoms with Crippen molar-refractivity contribution in [3.63, 3.8) is 0 Å². The highest BCUT2D eigenvalue weighted by Crippen LogP contribution is 1.78. The Balaban J connectivity index is 3.56. The van der Waals surface area contributed by atoms with E-state index < -0.39 is 0 Å². The van der Waals surface area contributed by atoms with Crippen LogP contribution in [0.4, 0.5) is 0 Å². The van der Waals surface area contributed by atoms with E-state index in [4.69, 9.17) is 5.73 Å². The second kappa shape index (κ2) is 3.95. The lowest BCUT2D eigenvalue weighted by Gasteiger charge is -2.07. The van der Waals surface area contributed by atoms with Crippen molar-refractivity contribution in [2.75, 3.05) is 13.6 Å². The van der Waals surface area contributed by atoms with E-state index in [1.54, 1.807) is 6.34 Å². The van der Waals surface area contributed by atoms with Crippen LogP contribution in [-0.2, 0) is 0 Å². The third-order valence-electron chi connectivity index (χ3n) is 0.919. The maximum Gasteiger partial charge on any atom is 0.117 e. The number of hydrogen-bond donors (Lipinski definition) is 1. The van der Waals surface area contributed by atoms with E-state index in [-0.39, 0.29) is 0 Å². The van der Waals surface area contributed by atoms with E-state index in [0.29, 0.717) is 5.82 Å². The Morgan fingerprint density at radius 1 is 1.89 bits per heavy atom. The monoisotopic (exact) mass is 127 g/mol. The van der Waals surface area contributed by atoms with Crippen LogP contribution in [0.1, 0.15) is 6.92 Å². The minimum Gasteiger partial charge on any atom is -0.384 e. The minimum absolute atomic E-state index is 0.343. The molecule has 0 spiro atoms. The molecule has 3 heteroatoms. The van der Waals surface area contributed by atoms with Crippen molar-refractivity contribution in [3.05, 3.63) is 12.4 Å². The topological polar surface area (TPSA) is 41.6 Å². The maximum absolute atomic E-state index is 5.18. The molecule has 0 radical (unpaired) electrons. The maximum atomic E-state index is 5.18. The molecule has 0 amide bonds. The molecule has 0 aliphatic heterocycles. The molecule has 0 saturated heterocycles. The highest BCUT2D eigenvalue weighted by molar-refractivity contribution is 5.55. The molecule has 0 aliphatic rings. The van der Waals surface area contributed by atoms with Gasteiger partial charge in [-0.2, -0.15) is 0 Å². The van der Waals surface area contributed by atoms with Crippen molar-refractivity contribution < 1.29 is 0 Å². The fourth-order valence-corrected chi connectivity index (χ4v) is 0.254. The Morgan fingerprint density at radius 3 is 2.78 bits per heavy atom. The van der Waals surface area contributed by atoms with Crippen LogP contribution >= 0.6 is 0 Å². The quantitative estimate of drug-likeness (QED) is 0.440. The third kappa shape index (κ3) is 4.87. The number of nitrogens with zero attached hydrogens (tertiary/aromatic N) is 2. The fraction of sp³-hybridized carbons (Fsp3) is 0.500. The average molecular weight is 127 g/mol. The lowest BCUT2D eigenvalue weighted by atomic mass is 10.7. The molecule has 9 heavy (non-hydrogen) atoms. The zero-order chi connectivity index (χ0) is 7.28. The van der Waals surface area contributed by atoms with Gasteiger partial charge in [0, 0.05) is 13.6 Å². The lowest BCUT2D eigenvalue weighted by molar-refractivity contribution is 0.551. The van der Waals surface area contributed by atoms with E-state index in [1.807, 2.05) is 18.9 Å². The molecule has 0 aromatic carbocycles. The zero-order valence-electron chi connectivity index (χ0n) is 5.96. The Morgan fingerprint density at radius 2 is 2.44 bits per heavy atom. The molecule has 0 atom stereocenters. The van der Waals surface area contributed by atoms with Gasteiger partial charge in [0.15, 0.2) is 0 Å². The summed E-state index contributed by atoms with van der Waals surface area (Å²) >= 11 is 0. The number of hydrogen-bond acceptors (Lipinski definition) is 2. The van der Waals surface area contributed by atoms with Crippen molar-refractivity contribution in [1.29, 1.82) is 0 Å². The molecule has 0 fully saturated rings. The van der Waals surface area contributed by atoms with Crippen molar-refractivity contribution in [2.24, 2.45) is 10.7 Å². The summed E-state index contributed by atoms with van der Waals surface area (Å²) in [5.74, 6) is 0.343. The summed E-state index contributed by atoms with van der Waals surface area (Å²) < 4.78 is 0. The normalized spacial score (nSPS) is 10.0. The Bertz CT molecular complexity index is 117. The van der Waals surface area contributed by atoms with Crippen molar-refractivity contribution in [2.45, 2.75) is 6.92 Å². The highest BCUT2D eigenvalue weighted by atomic mass is 15.1. The molecule has 0 saturated carbocycles. The SMILES string of the molecule is C=C(N)/N=C\N(C)CC. The van der Waals surface area contributed by atoms with Crippen LogP contribution in [0.25, 0.3) is 0 Å². The minimum atomic E-state index is 0.343. The second-order valence-corrected chi connectivity index (χ2v) is 1.81. The van der Waals surface area contributed by atoms with Crippen molar-refractivity contribution >= 4 is 6.34 Å². The fourth-order valence-electron chi connectivity index (χ4n) is 0.254. The van der Waals surface area contributed by atoms with Gasteiger partial charge < -0.3 is 10.6 Å². The van der Waals surface area contributed by atoms with Gasteiger partial charge in [-0.1, -0.05) is 6.58 Å². The molecule has 0 aliphatic carbocycles. The predicted octanol–water partition coefficient (Wildman–Crippen LogP) is 0.396. The van der Waals surface area contributed by atoms with Crippen LogP contribution in [0, 0.1) is 0 Å². The summed E-state index contributed by atoms with van der Waals surface area (Å²) in [5, 5.41) is 0. The van der Waals surface area contributed by atoms with E-state index in [9.17, 15) is 0 Å². The molecular weight excluding hydrogens is 114 g/mol. The second-order valence-electron chi connectivity index (χ2n) is 1.81. The van der Waals surface area contributed by atoms with Crippen molar-refractivity contribution in [3.8, 4) is 0 Å². The van der Waals surface area contributed by atoms with Gasteiger partial charge in [0.2, 0.25) is 0 Å². The first-order valence-electron chi connectivity index (χ1n) is 2.85. The Hall–Kier alpha value is -0.990. The standard InChI is InChI=1S/C6H13N3/c1-4-9(3)5-8-6(2)7/h5H,2,4,7H2,1,3H3/b8-5-. The summed E-state index contributed by atoms with van der Waals surface area (Å²) in [6.45, 7) is 6.37. The summed E-state index contributed by atoms with van der Waals surface area (Å²) in [4.78, 5) is 5.69. The number of rotatable bonds is 3. The van der Waals surface area contributed by atoms with Gasteiger partial charge in [0.1, 0.15) is 5.82 Å². The molecule has 52 valence electrons. The zero-order valence-corrected chi connectivity index (χ0v) is 5.96. The first kappa shape index (κ1) is 8.01. The lowest BCUT2D eigenvalue weighted by Crippen LogP contribution is -2.15. The van der Waals surface area contributed by atoms with Crippen LogP contribution in [0.3, 0.4) is 0 Å². The first-order valence-corrected chi connectivity index (χ1v) is 2.85. The van der Waals surface area contributed by atoms with Crippen LogP contribution in [0.15, 0.2) is 17.4 Å². The van der Waals surface area contributed by atoms with E-state index in [0.717, 1.165) is 6.54 Å². The van der Waals surface area contributed by atoms with E-state index in [2.05, 4.69) is 11.6 Å². The summed E-state index contributed by atoms with van der Waals surface area (Å²) in [5.41, 5.74) is 5.18. The summed E-state index contributed by atoms with van der Waals surface area (Å²) in [7, 11) is 1.92. The van der Waals surface area contributed by atoms with Crippen LogP contribution < -0.4 is 5.73 Å². The molecule has 3 nitrogen and oxygen atoms in total. The molecule has 0 unspecified atom stereocenters. The summed E-state index contributed by atoms with van der Waals surface area (Å²) in [6.07, 6.45) is 1.66. The van der Waals surface area contributed by atoms with Crippen LogP contribution in [0.2, 0.25) is 0 Å². The third-order valence-corrected chi connectivity index (χ3v) is 0.919. The molecule has 0 heterocycles. The van der Waals surface area contributed by atoms with Gasteiger partial charge in [0.25, 0.3) is 0 Å². The van der Waals surface area contributed by atoms with Crippen LogP contribution in [-0.4, -0.2) is 24.8 Å². The van der Waals surface area contributed by atoms with E-state index >= 15 is 0 Å². The smallest absolute Gasteiger partial charge is 0.117 e. The molecule has 0 bridgehead atoms. The average Bonchev–Trinajstić information content (AvgIpc) is 1.83.